The number of aromatic nitrogens is 2. The van der Waals surface area contributed by atoms with E-state index in [4.69, 9.17) is 0 Å². The first-order valence-corrected chi connectivity index (χ1v) is 11.3. The van der Waals surface area contributed by atoms with Crippen LogP contribution in [0.2, 0.25) is 0 Å². The fraction of sp³-hybridized carbons (Fsp3) is 0.333. The first kappa shape index (κ1) is 21.7. The highest BCUT2D eigenvalue weighted by atomic mass is 19.1. The van der Waals surface area contributed by atoms with Crippen molar-refractivity contribution in [3.8, 4) is 5.69 Å². The number of aliphatic hydroxyl groups is 1. The predicted octanol–water partition coefficient (Wildman–Crippen LogP) is 5.32. The number of aliphatic hydroxyl groups excluding tert-OH is 1. The van der Waals surface area contributed by atoms with Crippen LogP contribution in [0.25, 0.3) is 11.8 Å². The summed E-state index contributed by atoms with van der Waals surface area (Å²) in [4.78, 5) is 4.60. The largest absolute Gasteiger partial charge is 0.390 e. The minimum atomic E-state index is -0.806. The van der Waals surface area contributed by atoms with Crippen LogP contribution in [0.15, 0.2) is 65.3 Å². The van der Waals surface area contributed by atoms with Crippen LogP contribution in [0.3, 0.4) is 0 Å². The van der Waals surface area contributed by atoms with Crippen molar-refractivity contribution in [3.05, 3.63) is 88.8 Å². The molecule has 33 heavy (non-hydrogen) atoms. The fourth-order valence-electron chi connectivity index (χ4n) is 5.84. The molecule has 1 fully saturated rings. The van der Waals surface area contributed by atoms with Crippen LogP contribution < -0.4 is 0 Å². The zero-order valence-electron chi connectivity index (χ0n) is 18.6. The van der Waals surface area contributed by atoms with Crippen molar-refractivity contribution in [2.45, 2.75) is 50.7 Å². The molecule has 1 heterocycles. The average molecular weight is 448 g/mol. The van der Waals surface area contributed by atoms with E-state index >= 15 is 0 Å². The molecule has 1 saturated carbocycles. The molecule has 3 aromatic rings. The maximum Gasteiger partial charge on any atom is 0.123 e. The second-order valence-electron chi connectivity index (χ2n) is 9.41. The van der Waals surface area contributed by atoms with E-state index in [1.54, 1.807) is 18.2 Å². The van der Waals surface area contributed by atoms with Crippen molar-refractivity contribution in [2.24, 2.45) is 10.4 Å². The zero-order valence-corrected chi connectivity index (χ0v) is 18.6. The molecule has 0 bridgehead atoms. The van der Waals surface area contributed by atoms with Gasteiger partial charge in [0.15, 0.2) is 0 Å². The number of halogens is 2. The Morgan fingerprint density at radius 3 is 2.70 bits per heavy atom. The molecule has 170 valence electrons. The highest BCUT2D eigenvalue weighted by Crippen LogP contribution is 2.56. The van der Waals surface area contributed by atoms with Crippen LogP contribution in [-0.4, -0.2) is 33.2 Å². The standard InChI is InChI=1S/C27H27F2N3O/c1-26-16-19-17-31-32(23-10-8-21(28)9-11-23)24(19)15-20(26)6-4-12-27(26,30-2)25(33)14-18-5-3-7-22(29)13-18/h3,5,7-11,13,15,17,25,33H,2,4,6,12,14,16H2,1H3/t25-,26-,27-/m0/s1. The quantitative estimate of drug-likeness (QED) is 0.538. The lowest BCUT2D eigenvalue weighted by Crippen LogP contribution is -2.58. The van der Waals surface area contributed by atoms with Gasteiger partial charge in [-0.2, -0.15) is 5.10 Å². The smallest absolute Gasteiger partial charge is 0.123 e. The SMILES string of the molecule is C=N[C@]1([C@@H](O)Cc2cccc(F)c2)CCCC2=Cc3c(cnn3-c3ccc(F)cc3)C[C@@]21C. The van der Waals surface area contributed by atoms with E-state index < -0.39 is 17.1 Å². The van der Waals surface area contributed by atoms with Gasteiger partial charge in [0.05, 0.1) is 29.2 Å². The Morgan fingerprint density at radius 2 is 1.97 bits per heavy atom. The summed E-state index contributed by atoms with van der Waals surface area (Å²) >= 11 is 0. The van der Waals surface area contributed by atoms with Gasteiger partial charge in [-0.1, -0.05) is 24.6 Å². The van der Waals surface area contributed by atoms with Crippen molar-refractivity contribution in [1.82, 2.24) is 9.78 Å². The van der Waals surface area contributed by atoms with Crippen molar-refractivity contribution in [1.29, 1.82) is 0 Å². The van der Waals surface area contributed by atoms with Crippen LogP contribution in [0.1, 0.15) is 43.0 Å². The first-order valence-electron chi connectivity index (χ1n) is 11.3. The normalized spacial score (nSPS) is 25.0. The first-order chi connectivity index (χ1) is 15.9. The van der Waals surface area contributed by atoms with Crippen molar-refractivity contribution in [2.75, 3.05) is 0 Å². The van der Waals surface area contributed by atoms with Crippen LogP contribution in [0, 0.1) is 17.0 Å². The van der Waals surface area contributed by atoms with E-state index in [1.807, 2.05) is 16.9 Å². The molecular formula is C27H27F2N3O. The topological polar surface area (TPSA) is 50.4 Å². The molecule has 4 nitrogen and oxygen atoms in total. The molecule has 1 N–H and O–H groups in total. The lowest BCUT2D eigenvalue weighted by atomic mass is 9.53. The summed E-state index contributed by atoms with van der Waals surface area (Å²) in [5.74, 6) is -0.599. The number of benzene rings is 2. The number of rotatable bonds is 5. The van der Waals surface area contributed by atoms with Crippen LogP contribution >= 0.6 is 0 Å². The van der Waals surface area contributed by atoms with Crippen LogP contribution in [0.4, 0.5) is 8.78 Å². The van der Waals surface area contributed by atoms with Gasteiger partial charge in [-0.25, -0.2) is 13.5 Å². The predicted molar refractivity (Wildman–Crippen MR) is 126 cm³/mol. The summed E-state index contributed by atoms with van der Waals surface area (Å²) < 4.78 is 29.0. The Bertz CT molecular complexity index is 1230. The molecule has 3 atom stereocenters. The second kappa shape index (κ2) is 8.03. The van der Waals surface area contributed by atoms with E-state index in [9.17, 15) is 13.9 Å². The van der Waals surface area contributed by atoms with Crippen LogP contribution in [0.5, 0.6) is 0 Å². The molecule has 0 spiro atoms. The van der Waals surface area contributed by atoms with Gasteiger partial charge in [-0.15, -0.1) is 0 Å². The molecule has 2 aromatic carbocycles. The average Bonchev–Trinajstić information content (AvgIpc) is 3.19. The zero-order chi connectivity index (χ0) is 23.2. The maximum absolute atomic E-state index is 13.8. The molecule has 5 rings (SSSR count). The molecule has 0 amide bonds. The van der Waals surface area contributed by atoms with Gasteiger partial charge in [0.2, 0.25) is 0 Å². The van der Waals surface area contributed by atoms with E-state index in [2.05, 4.69) is 29.8 Å². The van der Waals surface area contributed by atoms with E-state index in [-0.39, 0.29) is 11.6 Å². The highest BCUT2D eigenvalue weighted by molar-refractivity contribution is 5.62. The summed E-state index contributed by atoms with van der Waals surface area (Å²) in [5, 5.41) is 16.1. The van der Waals surface area contributed by atoms with Gasteiger partial charge >= 0.3 is 0 Å². The lowest BCUT2D eigenvalue weighted by Gasteiger charge is -2.54. The second-order valence-corrected chi connectivity index (χ2v) is 9.41. The van der Waals surface area contributed by atoms with E-state index in [1.165, 1.54) is 29.8 Å². The molecular weight excluding hydrogens is 420 g/mol. The summed E-state index contributed by atoms with van der Waals surface area (Å²) in [6.07, 6.45) is 6.65. The molecule has 6 heteroatoms. The van der Waals surface area contributed by atoms with Gasteiger partial charge in [0.1, 0.15) is 11.6 Å². The molecule has 0 radical (unpaired) electrons. The molecule has 2 aliphatic rings. The molecule has 1 aromatic heterocycles. The number of hydrogen-bond donors (Lipinski definition) is 1. The number of nitrogens with zero attached hydrogens (tertiary/aromatic N) is 3. The Kier molecular flexibility index (Phi) is 5.28. The molecule has 0 saturated heterocycles. The number of fused-ring (bicyclic) bond motifs is 2. The van der Waals surface area contributed by atoms with Gasteiger partial charge < -0.3 is 5.11 Å². The third-order valence-electron chi connectivity index (χ3n) is 7.63. The third kappa shape index (κ3) is 3.44. The van der Waals surface area contributed by atoms with E-state index in [0.29, 0.717) is 19.3 Å². The van der Waals surface area contributed by atoms with Crippen molar-refractivity contribution >= 4 is 12.8 Å². The molecule has 0 aliphatic heterocycles. The fourth-order valence-corrected chi connectivity index (χ4v) is 5.84. The number of aliphatic imine (C=N–C) groups is 1. The van der Waals surface area contributed by atoms with Crippen molar-refractivity contribution < 1.29 is 13.9 Å². The van der Waals surface area contributed by atoms with Crippen LogP contribution in [-0.2, 0) is 12.8 Å². The minimum absolute atomic E-state index is 0.285. The van der Waals surface area contributed by atoms with Gasteiger partial charge in [-0.05, 0) is 86.0 Å². The minimum Gasteiger partial charge on any atom is -0.390 e. The Morgan fingerprint density at radius 1 is 1.18 bits per heavy atom. The maximum atomic E-state index is 13.8. The highest BCUT2D eigenvalue weighted by Gasteiger charge is 2.57. The summed E-state index contributed by atoms with van der Waals surface area (Å²) in [5.41, 5.74) is 3.55. The monoisotopic (exact) mass is 447 g/mol. The van der Waals surface area contributed by atoms with E-state index in [0.717, 1.165) is 35.3 Å². The molecule has 2 aliphatic carbocycles. The summed E-state index contributed by atoms with van der Waals surface area (Å²) in [6, 6.07) is 12.7. The summed E-state index contributed by atoms with van der Waals surface area (Å²) in [7, 11) is 0. The summed E-state index contributed by atoms with van der Waals surface area (Å²) in [6.45, 7) is 6.07. The molecule has 0 unspecified atom stereocenters. The number of hydrogen-bond acceptors (Lipinski definition) is 3. The third-order valence-corrected chi connectivity index (χ3v) is 7.63. The Balaban J connectivity index is 1.53. The van der Waals surface area contributed by atoms with Gasteiger partial charge in [0.25, 0.3) is 0 Å². The van der Waals surface area contributed by atoms with Crippen molar-refractivity contribution in [3.63, 3.8) is 0 Å². The lowest BCUT2D eigenvalue weighted by molar-refractivity contribution is -0.00183. The Labute approximate surface area is 192 Å². The van der Waals surface area contributed by atoms with Gasteiger partial charge in [-0.3, -0.25) is 4.99 Å². The van der Waals surface area contributed by atoms with Gasteiger partial charge in [0, 0.05) is 11.8 Å². The Hall–Kier alpha value is -3.12.